The van der Waals surface area contributed by atoms with Crippen LogP contribution in [-0.4, -0.2) is 22.9 Å². The summed E-state index contributed by atoms with van der Waals surface area (Å²) in [5, 5.41) is 1.09. The van der Waals surface area contributed by atoms with Gasteiger partial charge in [0.2, 0.25) is 0 Å². The monoisotopic (exact) mass is 251 g/mol. The minimum absolute atomic E-state index is 0.0612. The number of carbonyl (C=O) groups is 1. The van der Waals surface area contributed by atoms with Gasteiger partial charge < -0.3 is 4.98 Å². The Morgan fingerprint density at radius 3 is 2.63 bits per heavy atom. The zero-order valence-corrected chi connectivity index (χ0v) is 10.5. The number of nitrogens with one attached hydrogen (secondary N) is 1. The van der Waals surface area contributed by atoms with Gasteiger partial charge in [0, 0.05) is 35.9 Å². The molecule has 0 aliphatic carbocycles. The number of para-hydroxylation sites is 1. The molecule has 1 aromatic carbocycles. The maximum absolute atomic E-state index is 12.3. The molecule has 3 aromatic rings. The fourth-order valence-corrected chi connectivity index (χ4v) is 2.04. The average molecular weight is 251 g/mol. The fraction of sp³-hybridized carbons (Fsp3) is 0.0667. The summed E-state index contributed by atoms with van der Waals surface area (Å²) in [6.45, 7) is 0. The molecule has 0 unspecified atom stereocenters. The van der Waals surface area contributed by atoms with Crippen molar-refractivity contribution in [2.75, 3.05) is 11.9 Å². The lowest BCUT2D eigenvalue weighted by Crippen LogP contribution is -2.26. The van der Waals surface area contributed by atoms with Crippen LogP contribution in [0.5, 0.6) is 0 Å². The van der Waals surface area contributed by atoms with Crippen molar-refractivity contribution in [2.45, 2.75) is 0 Å². The summed E-state index contributed by atoms with van der Waals surface area (Å²) in [6, 6.07) is 13.3. The largest absolute Gasteiger partial charge is 0.341 e. The summed E-state index contributed by atoms with van der Waals surface area (Å²) < 4.78 is 0. The van der Waals surface area contributed by atoms with E-state index in [2.05, 4.69) is 9.97 Å². The molecule has 0 aliphatic heterocycles. The van der Waals surface area contributed by atoms with E-state index in [0.717, 1.165) is 16.7 Å². The number of amides is 1. The van der Waals surface area contributed by atoms with Gasteiger partial charge in [0.05, 0.1) is 0 Å². The average Bonchev–Trinajstić information content (AvgIpc) is 2.90. The van der Waals surface area contributed by atoms with Gasteiger partial charge in [-0.2, -0.15) is 0 Å². The maximum atomic E-state index is 12.3. The van der Waals surface area contributed by atoms with Crippen LogP contribution in [0.25, 0.3) is 10.9 Å². The number of H-pyrrole nitrogens is 1. The summed E-state index contributed by atoms with van der Waals surface area (Å²) in [4.78, 5) is 21.1. The second kappa shape index (κ2) is 4.57. The highest BCUT2D eigenvalue weighted by molar-refractivity contribution is 6.06. The van der Waals surface area contributed by atoms with E-state index in [0.29, 0.717) is 5.56 Å². The number of hydrogen-bond donors (Lipinski definition) is 1. The Morgan fingerprint density at radius 2 is 1.89 bits per heavy atom. The molecule has 1 amide bonds. The van der Waals surface area contributed by atoms with Gasteiger partial charge in [-0.15, -0.1) is 0 Å². The third kappa shape index (κ3) is 2.08. The van der Waals surface area contributed by atoms with Gasteiger partial charge in [-0.3, -0.25) is 14.7 Å². The van der Waals surface area contributed by atoms with Crippen molar-refractivity contribution in [1.82, 2.24) is 9.97 Å². The minimum Gasteiger partial charge on any atom is -0.341 e. The molecule has 0 aliphatic rings. The molecule has 0 fully saturated rings. The molecule has 0 saturated carbocycles. The number of rotatable bonds is 2. The first-order valence-corrected chi connectivity index (χ1v) is 6.01. The number of benzene rings is 1. The standard InChI is InChI=1S/C15H13N3O/c1-18(15(19)11-6-8-16-9-7-11)14-10-12-4-2-3-5-13(12)17-14/h2-10,17H,1H3. The van der Waals surface area contributed by atoms with Crippen molar-refractivity contribution >= 4 is 22.6 Å². The Hall–Kier alpha value is -2.62. The summed E-state index contributed by atoms with van der Waals surface area (Å²) in [5.74, 6) is 0.719. The van der Waals surface area contributed by atoms with E-state index in [1.54, 1.807) is 36.5 Å². The number of pyridine rings is 1. The summed E-state index contributed by atoms with van der Waals surface area (Å²) in [7, 11) is 1.76. The van der Waals surface area contributed by atoms with Crippen LogP contribution >= 0.6 is 0 Å². The molecule has 94 valence electrons. The molecule has 4 heteroatoms. The highest BCUT2D eigenvalue weighted by Crippen LogP contribution is 2.21. The van der Waals surface area contributed by atoms with Crippen LogP contribution in [0.2, 0.25) is 0 Å². The molecular formula is C15H13N3O. The van der Waals surface area contributed by atoms with E-state index in [-0.39, 0.29) is 5.91 Å². The van der Waals surface area contributed by atoms with E-state index in [4.69, 9.17) is 0 Å². The number of aromatic nitrogens is 2. The lowest BCUT2D eigenvalue weighted by Gasteiger charge is -2.14. The first-order valence-electron chi connectivity index (χ1n) is 6.01. The third-order valence-electron chi connectivity index (χ3n) is 3.11. The van der Waals surface area contributed by atoms with Crippen molar-refractivity contribution in [3.63, 3.8) is 0 Å². The molecule has 0 bridgehead atoms. The van der Waals surface area contributed by atoms with Gasteiger partial charge in [0.15, 0.2) is 0 Å². The van der Waals surface area contributed by atoms with Gasteiger partial charge in [-0.05, 0) is 24.3 Å². The fourth-order valence-electron chi connectivity index (χ4n) is 2.04. The molecule has 0 atom stereocenters. The van der Waals surface area contributed by atoms with Crippen LogP contribution in [0.4, 0.5) is 5.82 Å². The second-order valence-corrected chi connectivity index (χ2v) is 4.34. The number of anilines is 1. The zero-order chi connectivity index (χ0) is 13.2. The van der Waals surface area contributed by atoms with E-state index >= 15 is 0 Å². The molecule has 0 saturated heterocycles. The Morgan fingerprint density at radius 1 is 1.16 bits per heavy atom. The molecule has 2 heterocycles. The van der Waals surface area contributed by atoms with E-state index < -0.39 is 0 Å². The van der Waals surface area contributed by atoms with E-state index in [1.807, 2.05) is 30.3 Å². The minimum atomic E-state index is -0.0612. The topological polar surface area (TPSA) is 49.0 Å². The number of aromatic amines is 1. The van der Waals surface area contributed by atoms with E-state index in [1.165, 1.54) is 0 Å². The maximum Gasteiger partial charge on any atom is 0.259 e. The number of nitrogens with zero attached hydrogens (tertiary/aromatic N) is 2. The van der Waals surface area contributed by atoms with Gasteiger partial charge >= 0.3 is 0 Å². The number of carbonyl (C=O) groups excluding carboxylic acids is 1. The number of hydrogen-bond acceptors (Lipinski definition) is 2. The van der Waals surface area contributed by atoms with Crippen molar-refractivity contribution < 1.29 is 4.79 Å². The second-order valence-electron chi connectivity index (χ2n) is 4.34. The molecule has 0 spiro atoms. The SMILES string of the molecule is CN(C(=O)c1ccncc1)c1cc2ccccc2[nH]1. The lowest BCUT2D eigenvalue weighted by atomic mass is 10.2. The predicted molar refractivity (Wildman–Crippen MR) is 75.3 cm³/mol. The molecule has 0 radical (unpaired) electrons. The zero-order valence-electron chi connectivity index (χ0n) is 10.5. The van der Waals surface area contributed by atoms with Crippen LogP contribution < -0.4 is 4.90 Å². The van der Waals surface area contributed by atoms with Crippen molar-refractivity contribution in [3.8, 4) is 0 Å². The highest BCUT2D eigenvalue weighted by Gasteiger charge is 2.14. The van der Waals surface area contributed by atoms with Crippen molar-refractivity contribution in [2.24, 2.45) is 0 Å². The van der Waals surface area contributed by atoms with Gasteiger partial charge in [-0.25, -0.2) is 0 Å². The lowest BCUT2D eigenvalue weighted by molar-refractivity contribution is 0.0992. The van der Waals surface area contributed by atoms with Gasteiger partial charge in [0.25, 0.3) is 5.91 Å². The first-order chi connectivity index (χ1) is 9.25. The van der Waals surface area contributed by atoms with Crippen molar-refractivity contribution in [1.29, 1.82) is 0 Å². The number of fused-ring (bicyclic) bond motifs is 1. The Balaban J connectivity index is 1.95. The molecule has 1 N–H and O–H groups in total. The van der Waals surface area contributed by atoms with Crippen LogP contribution in [0.1, 0.15) is 10.4 Å². The van der Waals surface area contributed by atoms with Crippen LogP contribution in [-0.2, 0) is 0 Å². The molecule has 4 nitrogen and oxygen atoms in total. The van der Waals surface area contributed by atoms with Crippen LogP contribution in [0, 0.1) is 0 Å². The summed E-state index contributed by atoms with van der Waals surface area (Å²) in [5.41, 5.74) is 1.64. The summed E-state index contributed by atoms with van der Waals surface area (Å²) in [6.07, 6.45) is 3.23. The van der Waals surface area contributed by atoms with Gasteiger partial charge in [0.1, 0.15) is 5.82 Å². The van der Waals surface area contributed by atoms with E-state index in [9.17, 15) is 4.79 Å². The Labute approximate surface area is 110 Å². The Bertz CT molecular complexity index is 685. The molecule has 2 aromatic heterocycles. The quantitative estimate of drug-likeness (QED) is 0.761. The third-order valence-corrected chi connectivity index (χ3v) is 3.11. The molecule has 3 rings (SSSR count). The summed E-state index contributed by atoms with van der Waals surface area (Å²) >= 11 is 0. The normalized spacial score (nSPS) is 10.6. The molecule has 19 heavy (non-hydrogen) atoms. The first kappa shape index (κ1) is 11.5. The Kier molecular flexibility index (Phi) is 2.76. The highest BCUT2D eigenvalue weighted by atomic mass is 16.2. The van der Waals surface area contributed by atoms with Gasteiger partial charge in [-0.1, -0.05) is 18.2 Å². The molecular weight excluding hydrogens is 238 g/mol. The smallest absolute Gasteiger partial charge is 0.259 e. The van der Waals surface area contributed by atoms with Crippen molar-refractivity contribution in [3.05, 3.63) is 60.4 Å². The van der Waals surface area contributed by atoms with Crippen LogP contribution in [0.15, 0.2) is 54.9 Å². The predicted octanol–water partition coefficient (Wildman–Crippen LogP) is 2.84. The van der Waals surface area contributed by atoms with Crippen LogP contribution in [0.3, 0.4) is 0 Å².